The van der Waals surface area contributed by atoms with Gasteiger partial charge in [0.05, 0.1) is 12.1 Å². The van der Waals surface area contributed by atoms with Crippen LogP contribution >= 0.6 is 15.9 Å². The molecule has 0 atom stereocenters. The van der Waals surface area contributed by atoms with Gasteiger partial charge in [-0.15, -0.1) is 0 Å². The molecule has 0 aliphatic carbocycles. The Morgan fingerprint density at radius 2 is 1.85 bits per heavy atom. The molecular weight excluding hydrogens is 406 g/mol. The average Bonchev–Trinajstić information content (AvgIpc) is 2.93. The second-order valence-corrected chi connectivity index (χ2v) is 8.23. The summed E-state index contributed by atoms with van der Waals surface area (Å²) in [5, 5.41) is 0.920. The van der Waals surface area contributed by atoms with Crippen LogP contribution in [0.4, 0.5) is 0 Å². The van der Waals surface area contributed by atoms with E-state index in [1.54, 1.807) is 4.90 Å². The Morgan fingerprint density at radius 1 is 1.15 bits per heavy atom. The predicted molar refractivity (Wildman–Crippen MR) is 112 cm³/mol. The summed E-state index contributed by atoms with van der Waals surface area (Å²) in [5.74, 6) is -0.0848. The van der Waals surface area contributed by atoms with E-state index >= 15 is 0 Å². The van der Waals surface area contributed by atoms with E-state index in [0.29, 0.717) is 11.1 Å². The first-order chi connectivity index (χ1) is 12.7. The lowest BCUT2D eigenvalue weighted by molar-refractivity contribution is 0.0691. The van der Waals surface area contributed by atoms with Gasteiger partial charge in [-0.3, -0.25) is 9.59 Å². The van der Waals surface area contributed by atoms with E-state index in [0.717, 1.165) is 32.2 Å². The van der Waals surface area contributed by atoms with E-state index in [2.05, 4.69) is 25.9 Å². The summed E-state index contributed by atoms with van der Waals surface area (Å²) < 4.78 is 0.841. The zero-order chi connectivity index (χ0) is 19.9. The summed E-state index contributed by atoms with van der Waals surface area (Å²) >= 11 is 3.50. The molecule has 142 valence electrons. The number of aryl methyl sites for hydroxylation is 3. The van der Waals surface area contributed by atoms with Crippen molar-refractivity contribution in [1.82, 2.24) is 14.9 Å². The molecule has 6 heteroatoms. The summed E-state index contributed by atoms with van der Waals surface area (Å²) in [6.07, 6.45) is 1.91. The van der Waals surface area contributed by atoms with Crippen LogP contribution in [0.1, 0.15) is 46.6 Å². The smallest absolute Gasteiger partial charge is 0.255 e. The molecule has 2 heterocycles. The number of aromatic amines is 2. The number of nitrogens with one attached hydrogen (secondary N) is 2. The number of hydrogen-bond donors (Lipinski definition) is 2. The van der Waals surface area contributed by atoms with Crippen LogP contribution < -0.4 is 5.56 Å². The molecule has 2 aromatic heterocycles. The SMILES string of the molecule is Cc1cc(C)c(CN(C(=O)c2cc(Br)cc3[nH]cc(C)c23)C(C)C)c(=O)[nH]1. The Kier molecular flexibility index (Phi) is 5.29. The van der Waals surface area contributed by atoms with Gasteiger partial charge in [0.15, 0.2) is 0 Å². The van der Waals surface area contributed by atoms with E-state index in [1.165, 1.54) is 0 Å². The molecule has 5 nitrogen and oxygen atoms in total. The summed E-state index contributed by atoms with van der Waals surface area (Å²) in [4.78, 5) is 33.7. The van der Waals surface area contributed by atoms with E-state index in [1.807, 2.05) is 59.0 Å². The first-order valence-corrected chi connectivity index (χ1v) is 9.76. The molecule has 0 aliphatic heterocycles. The van der Waals surface area contributed by atoms with Crippen LogP contribution in [0.2, 0.25) is 0 Å². The van der Waals surface area contributed by atoms with Crippen molar-refractivity contribution in [3.8, 4) is 0 Å². The number of fused-ring (bicyclic) bond motifs is 1. The molecule has 0 saturated carbocycles. The fourth-order valence-electron chi connectivity index (χ4n) is 3.46. The Balaban J connectivity index is 2.08. The quantitative estimate of drug-likeness (QED) is 0.636. The van der Waals surface area contributed by atoms with Crippen LogP contribution in [0.15, 0.2) is 33.7 Å². The number of nitrogens with zero attached hydrogens (tertiary/aromatic N) is 1. The molecule has 27 heavy (non-hydrogen) atoms. The third-order valence-electron chi connectivity index (χ3n) is 4.88. The number of pyridine rings is 1. The van der Waals surface area contributed by atoms with Crippen LogP contribution in [-0.2, 0) is 6.54 Å². The average molecular weight is 430 g/mol. The Hall–Kier alpha value is -2.34. The normalized spacial score (nSPS) is 11.4. The van der Waals surface area contributed by atoms with Crippen molar-refractivity contribution < 1.29 is 4.79 Å². The highest BCUT2D eigenvalue weighted by molar-refractivity contribution is 9.10. The minimum absolute atomic E-state index is 0.0501. The fourth-order valence-corrected chi connectivity index (χ4v) is 3.92. The lowest BCUT2D eigenvalue weighted by Crippen LogP contribution is -2.38. The standard InChI is InChI=1S/C21H24BrN3O2/c1-11(2)25(10-17-12(3)6-14(5)24-20(17)26)21(27)16-7-15(22)8-18-19(16)13(4)9-23-18/h6-9,11,23H,10H2,1-5H3,(H,24,26). The molecule has 0 radical (unpaired) electrons. The number of aromatic nitrogens is 2. The van der Waals surface area contributed by atoms with Crippen LogP contribution in [0, 0.1) is 20.8 Å². The molecule has 3 rings (SSSR count). The lowest BCUT2D eigenvalue weighted by Gasteiger charge is -2.28. The number of carbonyl (C=O) groups is 1. The molecule has 3 aromatic rings. The third-order valence-corrected chi connectivity index (χ3v) is 5.34. The highest BCUT2D eigenvalue weighted by Gasteiger charge is 2.24. The van der Waals surface area contributed by atoms with Crippen molar-refractivity contribution >= 4 is 32.7 Å². The van der Waals surface area contributed by atoms with Crippen LogP contribution in [0.5, 0.6) is 0 Å². The van der Waals surface area contributed by atoms with Crippen molar-refractivity contribution in [2.24, 2.45) is 0 Å². The predicted octanol–water partition coefficient (Wildman–Crippen LogP) is 4.59. The van der Waals surface area contributed by atoms with Crippen LogP contribution in [-0.4, -0.2) is 26.8 Å². The highest BCUT2D eigenvalue weighted by Crippen LogP contribution is 2.28. The number of halogens is 1. The van der Waals surface area contributed by atoms with Crippen LogP contribution in [0.3, 0.4) is 0 Å². The summed E-state index contributed by atoms with van der Waals surface area (Å²) in [6, 6.07) is 5.71. The minimum atomic E-state index is -0.136. The third kappa shape index (κ3) is 3.72. The second-order valence-electron chi connectivity index (χ2n) is 7.32. The topological polar surface area (TPSA) is 69.0 Å². The Bertz CT molecular complexity index is 1080. The van der Waals surface area contributed by atoms with Gasteiger partial charge in [-0.1, -0.05) is 15.9 Å². The van der Waals surface area contributed by atoms with Gasteiger partial charge in [0.2, 0.25) is 0 Å². The molecule has 0 fully saturated rings. The van der Waals surface area contributed by atoms with E-state index in [4.69, 9.17) is 0 Å². The Labute approximate surface area is 166 Å². The first kappa shape index (κ1) is 19.4. The fraction of sp³-hybridized carbons (Fsp3) is 0.333. The number of hydrogen-bond acceptors (Lipinski definition) is 2. The van der Waals surface area contributed by atoms with E-state index in [-0.39, 0.29) is 24.1 Å². The minimum Gasteiger partial charge on any atom is -0.361 e. The molecule has 0 saturated heterocycles. The van der Waals surface area contributed by atoms with Crippen molar-refractivity contribution in [2.75, 3.05) is 0 Å². The van der Waals surface area contributed by atoms with Gasteiger partial charge in [-0.25, -0.2) is 0 Å². The van der Waals surface area contributed by atoms with Crippen molar-refractivity contribution in [3.05, 3.63) is 67.2 Å². The molecular formula is C21H24BrN3O2. The highest BCUT2D eigenvalue weighted by atomic mass is 79.9. The molecule has 1 amide bonds. The maximum atomic E-state index is 13.5. The van der Waals surface area contributed by atoms with Gasteiger partial charge >= 0.3 is 0 Å². The largest absolute Gasteiger partial charge is 0.361 e. The molecule has 0 aliphatic rings. The van der Waals surface area contributed by atoms with E-state index < -0.39 is 0 Å². The summed E-state index contributed by atoms with van der Waals surface area (Å²) in [6.45, 7) is 9.96. The zero-order valence-corrected chi connectivity index (χ0v) is 17.8. The first-order valence-electron chi connectivity index (χ1n) is 8.96. The number of H-pyrrole nitrogens is 2. The molecule has 0 bridgehead atoms. The van der Waals surface area contributed by atoms with Gasteiger partial charge in [0.25, 0.3) is 11.5 Å². The second kappa shape index (κ2) is 7.35. The lowest BCUT2D eigenvalue weighted by atomic mass is 10.0. The monoisotopic (exact) mass is 429 g/mol. The molecule has 0 spiro atoms. The number of benzene rings is 1. The molecule has 1 aromatic carbocycles. The maximum Gasteiger partial charge on any atom is 0.255 e. The zero-order valence-electron chi connectivity index (χ0n) is 16.2. The maximum absolute atomic E-state index is 13.5. The summed E-state index contributed by atoms with van der Waals surface area (Å²) in [7, 11) is 0. The Morgan fingerprint density at radius 3 is 2.48 bits per heavy atom. The van der Waals surface area contributed by atoms with Gasteiger partial charge in [-0.2, -0.15) is 0 Å². The number of carbonyl (C=O) groups excluding carboxylic acids is 1. The molecule has 2 N–H and O–H groups in total. The van der Waals surface area contributed by atoms with Gasteiger partial charge in [0.1, 0.15) is 0 Å². The van der Waals surface area contributed by atoms with Crippen molar-refractivity contribution in [3.63, 3.8) is 0 Å². The summed E-state index contributed by atoms with van der Waals surface area (Å²) in [5.41, 5.74) is 4.77. The van der Waals surface area contributed by atoms with Gasteiger partial charge in [0, 0.05) is 38.9 Å². The van der Waals surface area contributed by atoms with E-state index in [9.17, 15) is 9.59 Å². The van der Waals surface area contributed by atoms with Gasteiger partial charge < -0.3 is 14.9 Å². The van der Waals surface area contributed by atoms with Crippen molar-refractivity contribution in [2.45, 2.75) is 47.2 Å². The number of amides is 1. The van der Waals surface area contributed by atoms with Crippen LogP contribution in [0.25, 0.3) is 10.9 Å². The van der Waals surface area contributed by atoms with Gasteiger partial charge in [-0.05, 0) is 63.9 Å². The van der Waals surface area contributed by atoms with Crippen molar-refractivity contribution in [1.29, 1.82) is 0 Å². The number of rotatable bonds is 4. The molecule has 0 unspecified atom stereocenters.